The summed E-state index contributed by atoms with van der Waals surface area (Å²) in [5.74, 6) is 0. The van der Waals surface area contributed by atoms with E-state index < -0.39 is 20.0 Å². The van der Waals surface area contributed by atoms with E-state index in [0.29, 0.717) is 0 Å². The summed E-state index contributed by atoms with van der Waals surface area (Å²) in [6.45, 7) is 0. The van der Waals surface area contributed by atoms with Crippen molar-refractivity contribution in [2.24, 2.45) is 0 Å². The van der Waals surface area contributed by atoms with Crippen molar-refractivity contribution in [2.75, 3.05) is 0 Å². The fourth-order valence-electron chi connectivity index (χ4n) is 1.48. The molecule has 0 aliphatic carbocycles. The highest BCUT2D eigenvalue weighted by Gasteiger charge is 2.34. The van der Waals surface area contributed by atoms with Crippen molar-refractivity contribution in [2.45, 2.75) is 9.79 Å². The van der Waals surface area contributed by atoms with E-state index in [4.69, 9.17) is 0 Å². The molecule has 0 N–H and O–H groups in total. The maximum Gasteiger partial charge on any atom is 0.266 e. The van der Waals surface area contributed by atoms with Gasteiger partial charge in [-0.15, -0.1) is 0 Å². The smallest absolute Gasteiger partial charge is 0.205 e. The van der Waals surface area contributed by atoms with Gasteiger partial charge < -0.3 is 0 Å². The van der Waals surface area contributed by atoms with Gasteiger partial charge in [-0.1, -0.05) is 36.4 Å². The molecule has 0 radical (unpaired) electrons. The summed E-state index contributed by atoms with van der Waals surface area (Å²) < 4.78 is 49.2. The first-order chi connectivity index (χ1) is 9.37. The third kappa shape index (κ3) is 2.78. The van der Waals surface area contributed by atoms with Gasteiger partial charge in [0.1, 0.15) is 0 Å². The van der Waals surface area contributed by atoms with E-state index in [2.05, 4.69) is 16.1 Å². The Labute approximate surface area is 126 Å². The molecule has 0 bridgehead atoms. The molecule has 106 valence electrons. The van der Waals surface area contributed by atoms with Crippen LogP contribution in [-0.4, -0.2) is 19.6 Å². The quantitative estimate of drug-likeness (QED) is 0.769. The number of sulfonamides is 2. The topological polar surface area (TPSA) is 71.5 Å². The normalized spacial score (nSPS) is 12.5. The Morgan fingerprint density at radius 1 is 0.650 bits per heavy atom. The summed E-state index contributed by atoms with van der Waals surface area (Å²) in [5.41, 5.74) is 0. The molecule has 0 unspecified atom stereocenters. The highest BCUT2D eigenvalue weighted by Crippen LogP contribution is 2.27. The first-order valence-electron chi connectivity index (χ1n) is 5.43. The molecule has 0 spiro atoms. The van der Waals surface area contributed by atoms with E-state index in [9.17, 15) is 16.8 Å². The minimum atomic E-state index is -4.18. The molecule has 0 atom stereocenters. The average Bonchev–Trinajstić information content (AvgIpc) is 2.48. The lowest BCUT2D eigenvalue weighted by atomic mass is 10.4. The summed E-state index contributed by atoms with van der Waals surface area (Å²) in [6.07, 6.45) is 0. The van der Waals surface area contributed by atoms with Crippen LogP contribution in [0.4, 0.5) is 0 Å². The van der Waals surface area contributed by atoms with Crippen molar-refractivity contribution >= 4 is 36.2 Å². The van der Waals surface area contributed by atoms with Crippen LogP contribution in [0, 0.1) is 0 Å². The van der Waals surface area contributed by atoms with Gasteiger partial charge in [0.05, 0.1) is 9.79 Å². The van der Waals surface area contributed by atoms with E-state index in [1.807, 2.05) is 0 Å². The molecule has 2 aromatic carbocycles. The second-order valence-corrected chi connectivity index (χ2v) is 9.24. The van der Waals surface area contributed by atoms with Crippen molar-refractivity contribution in [3.05, 3.63) is 60.7 Å². The van der Waals surface area contributed by atoms with E-state index >= 15 is 0 Å². The molecule has 0 saturated heterocycles. The van der Waals surface area contributed by atoms with Crippen LogP contribution >= 0.6 is 16.1 Å². The van der Waals surface area contributed by atoms with Crippen molar-refractivity contribution in [3.8, 4) is 0 Å². The van der Waals surface area contributed by atoms with E-state index in [0.717, 1.165) is 0 Å². The SMILES string of the molecule is O=S(=O)(c1ccccc1)N(Br)S(=O)(=O)c1ccccc1. The van der Waals surface area contributed by atoms with Gasteiger partial charge in [-0.2, -0.15) is 0 Å². The lowest BCUT2D eigenvalue weighted by Crippen LogP contribution is -2.28. The van der Waals surface area contributed by atoms with Crippen LogP contribution in [0.5, 0.6) is 0 Å². The fourth-order valence-corrected chi connectivity index (χ4v) is 5.37. The largest absolute Gasteiger partial charge is 0.266 e. The molecule has 0 aromatic heterocycles. The van der Waals surface area contributed by atoms with Crippen LogP contribution < -0.4 is 0 Å². The van der Waals surface area contributed by atoms with Gasteiger partial charge >= 0.3 is 0 Å². The first kappa shape index (κ1) is 15.2. The summed E-state index contributed by atoms with van der Waals surface area (Å²) in [6, 6.07) is 14.6. The Balaban J connectivity index is 2.49. The van der Waals surface area contributed by atoms with Crippen LogP contribution in [-0.2, 0) is 20.0 Å². The second kappa shape index (κ2) is 5.65. The average molecular weight is 376 g/mol. The number of nitrogens with zero attached hydrogens (tertiary/aromatic N) is 1. The number of hydrogen-bond acceptors (Lipinski definition) is 4. The Hall–Kier alpha value is -1.22. The third-order valence-electron chi connectivity index (χ3n) is 2.46. The zero-order valence-corrected chi connectivity index (χ0v) is 13.3. The molecule has 0 fully saturated rings. The highest BCUT2D eigenvalue weighted by atomic mass is 79.9. The lowest BCUT2D eigenvalue weighted by Gasteiger charge is -2.15. The van der Waals surface area contributed by atoms with Crippen molar-refractivity contribution in [3.63, 3.8) is 0 Å². The van der Waals surface area contributed by atoms with Gasteiger partial charge in [0.15, 0.2) is 0 Å². The molecule has 2 rings (SSSR count). The zero-order chi connectivity index (χ0) is 14.8. The molecule has 0 aliphatic rings. The van der Waals surface area contributed by atoms with Crippen LogP contribution in [0.25, 0.3) is 0 Å². The van der Waals surface area contributed by atoms with Crippen LogP contribution in [0.15, 0.2) is 70.5 Å². The van der Waals surface area contributed by atoms with Crippen molar-refractivity contribution < 1.29 is 16.8 Å². The number of rotatable bonds is 4. The lowest BCUT2D eigenvalue weighted by molar-refractivity contribution is 0.557. The van der Waals surface area contributed by atoms with Gasteiger partial charge in [-0.3, -0.25) is 0 Å². The second-order valence-electron chi connectivity index (χ2n) is 3.79. The molecule has 8 heteroatoms. The summed E-state index contributed by atoms with van der Waals surface area (Å²) in [4.78, 5) is -0.229. The van der Waals surface area contributed by atoms with Gasteiger partial charge in [0.25, 0.3) is 20.0 Å². The van der Waals surface area contributed by atoms with E-state index in [1.165, 1.54) is 48.5 Å². The Bertz CT molecular complexity index is 720. The molecule has 0 aliphatic heterocycles. The summed E-state index contributed by atoms with van der Waals surface area (Å²) in [5, 5.41) is 0. The predicted molar refractivity (Wildman–Crippen MR) is 78.0 cm³/mol. The standard InChI is InChI=1S/C12H10BrNO4S2/c13-14(19(15,16)11-7-3-1-4-8-11)20(17,18)12-9-5-2-6-10-12/h1-10H. The third-order valence-corrected chi connectivity index (χ3v) is 8.42. The molecule has 5 nitrogen and oxygen atoms in total. The predicted octanol–water partition coefficient (Wildman–Crippen LogP) is 2.38. The summed E-state index contributed by atoms with van der Waals surface area (Å²) in [7, 11) is -8.37. The minimum Gasteiger partial charge on any atom is -0.205 e. The molecule has 2 aromatic rings. The highest BCUT2D eigenvalue weighted by molar-refractivity contribution is 9.10. The Morgan fingerprint density at radius 2 is 0.950 bits per heavy atom. The molecule has 0 saturated carbocycles. The zero-order valence-electron chi connectivity index (χ0n) is 10.0. The van der Waals surface area contributed by atoms with Crippen LogP contribution in [0.3, 0.4) is 0 Å². The molecular formula is C12H10BrNO4S2. The van der Waals surface area contributed by atoms with Crippen LogP contribution in [0.1, 0.15) is 0 Å². The fraction of sp³-hybridized carbons (Fsp3) is 0. The number of hydrogen-bond donors (Lipinski definition) is 0. The van der Waals surface area contributed by atoms with Gasteiger partial charge in [0.2, 0.25) is 0 Å². The molecular weight excluding hydrogens is 366 g/mol. The van der Waals surface area contributed by atoms with E-state index in [-0.39, 0.29) is 12.5 Å². The summed E-state index contributed by atoms with van der Waals surface area (Å²) >= 11 is 2.65. The maximum atomic E-state index is 12.3. The molecule has 0 amide bonds. The Morgan fingerprint density at radius 3 is 1.25 bits per heavy atom. The van der Waals surface area contributed by atoms with E-state index in [1.54, 1.807) is 12.1 Å². The number of benzene rings is 2. The van der Waals surface area contributed by atoms with Gasteiger partial charge in [-0.05, 0) is 27.0 Å². The molecule has 20 heavy (non-hydrogen) atoms. The Kier molecular flexibility index (Phi) is 4.28. The van der Waals surface area contributed by atoms with Gasteiger partial charge in [0, 0.05) is 16.1 Å². The minimum absolute atomic E-state index is 0.114. The van der Waals surface area contributed by atoms with Crippen LogP contribution in [0.2, 0.25) is 0 Å². The first-order valence-corrected chi connectivity index (χ1v) is 9.02. The van der Waals surface area contributed by atoms with Crippen molar-refractivity contribution in [1.29, 1.82) is 0 Å². The van der Waals surface area contributed by atoms with Gasteiger partial charge in [-0.25, -0.2) is 16.8 Å². The molecule has 0 heterocycles. The maximum absolute atomic E-state index is 12.3. The van der Waals surface area contributed by atoms with Crippen molar-refractivity contribution in [1.82, 2.24) is 2.74 Å². The number of halogens is 1. The monoisotopic (exact) mass is 375 g/mol.